The fourth-order valence-electron chi connectivity index (χ4n) is 6.65. The lowest BCUT2D eigenvalue weighted by atomic mass is 9.94. The summed E-state index contributed by atoms with van der Waals surface area (Å²) in [5, 5.41) is 14.3. The maximum Gasteiger partial charge on any atom is 0.253 e. The molecule has 1 atom stereocenters. The number of aromatic amines is 1. The third-order valence-electron chi connectivity index (χ3n) is 8.68. The molecule has 2 aliphatic rings. The second-order valence-electron chi connectivity index (χ2n) is 11.6. The predicted octanol–water partition coefficient (Wildman–Crippen LogP) is 5.17. The Kier molecular flexibility index (Phi) is 6.97. The molecule has 39 heavy (non-hydrogen) atoms. The number of pyridine rings is 1. The molecular formula is C31H39N7O. The van der Waals surface area contributed by atoms with E-state index in [1.165, 1.54) is 41.6 Å². The molecule has 4 aromatic rings. The van der Waals surface area contributed by atoms with Gasteiger partial charge in [-0.15, -0.1) is 5.10 Å². The van der Waals surface area contributed by atoms with E-state index in [1.54, 1.807) is 0 Å². The second kappa shape index (κ2) is 10.6. The first-order valence-electron chi connectivity index (χ1n) is 14.4. The number of hydrogen-bond acceptors (Lipinski definition) is 6. The van der Waals surface area contributed by atoms with Crippen molar-refractivity contribution in [2.24, 2.45) is 0 Å². The van der Waals surface area contributed by atoms with Gasteiger partial charge in [-0.05, 0) is 91.2 Å². The van der Waals surface area contributed by atoms with Crippen LogP contribution < -0.4 is 10.5 Å². The highest BCUT2D eigenvalue weighted by Crippen LogP contribution is 2.34. The number of benzene rings is 2. The fraction of sp³-hybridized carbons (Fsp3) is 0.484. The van der Waals surface area contributed by atoms with Crippen LogP contribution in [0, 0.1) is 27.7 Å². The Morgan fingerprint density at radius 2 is 1.64 bits per heavy atom. The van der Waals surface area contributed by atoms with Crippen LogP contribution in [-0.4, -0.2) is 56.3 Å². The zero-order valence-corrected chi connectivity index (χ0v) is 23.6. The maximum absolute atomic E-state index is 13.7. The summed E-state index contributed by atoms with van der Waals surface area (Å²) in [6.45, 7) is 11.9. The molecule has 1 saturated carbocycles. The second-order valence-corrected chi connectivity index (χ2v) is 11.6. The van der Waals surface area contributed by atoms with Gasteiger partial charge in [-0.2, -0.15) is 0 Å². The lowest BCUT2D eigenvalue weighted by Gasteiger charge is -2.40. The number of rotatable bonds is 5. The normalized spacial score (nSPS) is 18.1. The van der Waals surface area contributed by atoms with Crippen molar-refractivity contribution >= 4 is 16.6 Å². The number of hydrogen-bond donors (Lipinski definition) is 1. The smallest absolute Gasteiger partial charge is 0.253 e. The van der Waals surface area contributed by atoms with E-state index in [4.69, 9.17) is 0 Å². The quantitative estimate of drug-likeness (QED) is 0.387. The number of H-pyrrole nitrogens is 1. The van der Waals surface area contributed by atoms with Crippen LogP contribution in [0.3, 0.4) is 0 Å². The van der Waals surface area contributed by atoms with Crippen molar-refractivity contribution in [1.82, 2.24) is 30.1 Å². The maximum atomic E-state index is 13.7. The number of aromatic nitrogens is 5. The molecule has 1 N–H and O–H groups in total. The zero-order valence-electron chi connectivity index (χ0n) is 23.6. The van der Waals surface area contributed by atoms with Gasteiger partial charge in [0.25, 0.3) is 5.56 Å². The molecule has 1 saturated heterocycles. The topological polar surface area (TPSA) is 82.9 Å². The molecule has 0 spiro atoms. The van der Waals surface area contributed by atoms with E-state index in [0.717, 1.165) is 66.9 Å². The average molecular weight is 526 g/mol. The van der Waals surface area contributed by atoms with E-state index in [0.29, 0.717) is 0 Å². The fourth-order valence-corrected chi connectivity index (χ4v) is 6.65. The van der Waals surface area contributed by atoms with Crippen molar-refractivity contribution in [3.05, 3.63) is 80.4 Å². The molecular weight excluding hydrogens is 486 g/mol. The van der Waals surface area contributed by atoms with Crippen LogP contribution in [0.2, 0.25) is 0 Å². The third-order valence-corrected chi connectivity index (χ3v) is 8.68. The van der Waals surface area contributed by atoms with E-state index in [9.17, 15) is 4.79 Å². The molecule has 2 aromatic carbocycles. The van der Waals surface area contributed by atoms with Crippen molar-refractivity contribution in [1.29, 1.82) is 0 Å². The summed E-state index contributed by atoms with van der Waals surface area (Å²) in [5.74, 6) is 0.788. The van der Waals surface area contributed by atoms with Crippen LogP contribution in [0.15, 0.2) is 41.2 Å². The minimum atomic E-state index is -0.309. The molecule has 2 fully saturated rings. The van der Waals surface area contributed by atoms with Gasteiger partial charge in [-0.3, -0.25) is 9.69 Å². The van der Waals surface area contributed by atoms with Crippen molar-refractivity contribution in [3.63, 3.8) is 0 Å². The molecule has 8 nitrogen and oxygen atoms in total. The first-order valence-corrected chi connectivity index (χ1v) is 14.4. The summed E-state index contributed by atoms with van der Waals surface area (Å²) in [4.78, 5) is 21.8. The number of tetrazole rings is 1. The van der Waals surface area contributed by atoms with Gasteiger partial charge in [-0.1, -0.05) is 43.0 Å². The SMILES string of the molecule is Cc1ccc(C)c(N2CCN([C@@H](c3cc4cc(C)cc(C)c4[nH]c3=O)c3nnnn3C3CCCCC3)CC2)c1. The standard InChI is InChI=1S/C31H39N7O/c1-20-10-11-22(3)27(18-20)36-12-14-37(15-13-36)29(30-33-34-35-38(30)25-8-6-5-7-9-25)26-19-24-17-21(2)16-23(4)28(24)32-31(26)39/h10-11,16-19,25,29H,5-9,12-15H2,1-4H3,(H,32,39)/t29-/m0/s1. The number of fused-ring (bicyclic) bond motifs is 1. The van der Waals surface area contributed by atoms with Gasteiger partial charge in [0, 0.05) is 37.4 Å². The van der Waals surface area contributed by atoms with Crippen LogP contribution in [0.4, 0.5) is 5.69 Å². The minimum absolute atomic E-state index is 0.0606. The van der Waals surface area contributed by atoms with E-state index in [1.807, 2.05) is 4.68 Å². The molecule has 204 valence electrons. The number of nitrogens with zero attached hydrogens (tertiary/aromatic N) is 6. The van der Waals surface area contributed by atoms with E-state index in [-0.39, 0.29) is 17.6 Å². The molecule has 0 amide bonds. The highest BCUT2D eigenvalue weighted by Gasteiger charge is 2.34. The van der Waals surface area contributed by atoms with Gasteiger partial charge < -0.3 is 9.88 Å². The Balaban J connectivity index is 1.40. The molecule has 6 rings (SSSR count). The van der Waals surface area contributed by atoms with E-state index < -0.39 is 0 Å². The van der Waals surface area contributed by atoms with Crippen LogP contribution in [-0.2, 0) is 0 Å². The minimum Gasteiger partial charge on any atom is -0.369 e. The van der Waals surface area contributed by atoms with E-state index in [2.05, 4.69) is 94.4 Å². The largest absolute Gasteiger partial charge is 0.369 e. The molecule has 0 unspecified atom stereocenters. The summed E-state index contributed by atoms with van der Waals surface area (Å²) in [5.41, 5.74) is 7.70. The Labute approximate surface area is 230 Å². The molecule has 1 aliphatic carbocycles. The van der Waals surface area contributed by atoms with Gasteiger partial charge >= 0.3 is 0 Å². The summed E-state index contributed by atoms with van der Waals surface area (Å²) >= 11 is 0. The van der Waals surface area contributed by atoms with Crippen molar-refractivity contribution in [3.8, 4) is 0 Å². The summed E-state index contributed by atoms with van der Waals surface area (Å²) in [6.07, 6.45) is 5.81. The zero-order chi connectivity index (χ0) is 27.1. The number of nitrogens with one attached hydrogen (secondary N) is 1. The van der Waals surface area contributed by atoms with Crippen molar-refractivity contribution in [2.75, 3.05) is 31.1 Å². The van der Waals surface area contributed by atoms with Gasteiger partial charge in [0.05, 0.1) is 11.6 Å². The summed E-state index contributed by atoms with van der Waals surface area (Å²) in [7, 11) is 0. The molecule has 1 aliphatic heterocycles. The lowest BCUT2D eigenvalue weighted by molar-refractivity contribution is 0.192. The van der Waals surface area contributed by atoms with Gasteiger partial charge in [-0.25, -0.2) is 4.68 Å². The van der Waals surface area contributed by atoms with Crippen molar-refractivity contribution < 1.29 is 0 Å². The van der Waals surface area contributed by atoms with Gasteiger partial charge in [0.2, 0.25) is 0 Å². The predicted molar refractivity (Wildman–Crippen MR) is 156 cm³/mol. The van der Waals surface area contributed by atoms with Crippen LogP contribution >= 0.6 is 0 Å². The first kappa shape index (κ1) is 25.7. The number of anilines is 1. The number of piperazine rings is 1. The van der Waals surface area contributed by atoms with Crippen molar-refractivity contribution in [2.45, 2.75) is 71.9 Å². The Hall–Kier alpha value is -3.52. The van der Waals surface area contributed by atoms with E-state index >= 15 is 0 Å². The van der Waals surface area contributed by atoms with Gasteiger partial charge in [0.15, 0.2) is 5.82 Å². The molecule has 0 bridgehead atoms. The Morgan fingerprint density at radius 3 is 2.41 bits per heavy atom. The van der Waals surface area contributed by atoms with Gasteiger partial charge in [0.1, 0.15) is 6.04 Å². The Bertz CT molecular complexity index is 1540. The molecule has 8 heteroatoms. The molecule has 2 aromatic heterocycles. The van der Waals surface area contributed by atoms with Crippen LogP contribution in [0.25, 0.3) is 10.9 Å². The number of aryl methyl sites for hydroxylation is 4. The third kappa shape index (κ3) is 4.98. The monoisotopic (exact) mass is 525 g/mol. The Morgan fingerprint density at radius 1 is 0.872 bits per heavy atom. The molecule has 3 heterocycles. The first-order chi connectivity index (χ1) is 18.9. The van der Waals surface area contributed by atoms with Crippen LogP contribution in [0.1, 0.15) is 77.8 Å². The highest BCUT2D eigenvalue weighted by molar-refractivity contribution is 5.83. The highest BCUT2D eigenvalue weighted by atomic mass is 16.1. The summed E-state index contributed by atoms with van der Waals surface area (Å²) in [6, 6.07) is 13.0. The molecule has 0 radical (unpaired) electrons. The van der Waals surface area contributed by atoms with Crippen LogP contribution in [0.5, 0.6) is 0 Å². The average Bonchev–Trinajstić information content (AvgIpc) is 3.41. The summed E-state index contributed by atoms with van der Waals surface area (Å²) < 4.78 is 2.03. The lowest BCUT2D eigenvalue weighted by Crippen LogP contribution is -2.49.